The Bertz CT molecular complexity index is 1100. The van der Waals surface area contributed by atoms with Crippen LogP contribution in [-0.2, 0) is 17.6 Å². The normalized spacial score (nSPS) is 16.2. The Hall–Kier alpha value is -2.74. The highest BCUT2D eigenvalue weighted by atomic mass is 32.1. The fourth-order valence-electron chi connectivity index (χ4n) is 4.36. The number of primary amides is 1. The number of carbonyl (C=O) groups excluding carboxylic acids is 2. The van der Waals surface area contributed by atoms with E-state index in [2.05, 4.69) is 28.5 Å². The number of aryl methyl sites for hydroxylation is 2. The molecule has 0 fully saturated rings. The van der Waals surface area contributed by atoms with Gasteiger partial charge in [-0.1, -0.05) is 6.92 Å². The summed E-state index contributed by atoms with van der Waals surface area (Å²) in [4.78, 5) is 32.6. The van der Waals surface area contributed by atoms with Gasteiger partial charge in [-0.2, -0.15) is 5.10 Å². The standard InChI is InChI=1S/C21H25N5O2S/c1-4-17-15-8-10-29-18(15)7-9-25(17)19(27)6-5-14-12(2)24-21-16(20(22)28)11-23-26(21)13(14)3/h8,10-11,17H,4-7,9H2,1-3H3,(H2,22,28). The number of rotatable bonds is 5. The highest BCUT2D eigenvalue weighted by Gasteiger charge is 2.30. The number of hydrogen-bond donors (Lipinski definition) is 1. The first-order valence-corrected chi connectivity index (χ1v) is 10.8. The number of nitrogens with zero attached hydrogens (tertiary/aromatic N) is 4. The molecule has 7 nitrogen and oxygen atoms in total. The molecule has 0 bridgehead atoms. The van der Waals surface area contributed by atoms with Crippen LogP contribution in [0.4, 0.5) is 0 Å². The van der Waals surface area contributed by atoms with Gasteiger partial charge in [-0.3, -0.25) is 9.59 Å². The average Bonchev–Trinajstić information content (AvgIpc) is 3.33. The quantitative estimate of drug-likeness (QED) is 0.698. The van der Waals surface area contributed by atoms with Crippen molar-refractivity contribution in [1.29, 1.82) is 0 Å². The van der Waals surface area contributed by atoms with Crippen LogP contribution in [0.3, 0.4) is 0 Å². The molecule has 0 aliphatic carbocycles. The minimum Gasteiger partial charge on any atom is -0.365 e. The van der Waals surface area contributed by atoms with Crippen molar-refractivity contribution in [2.24, 2.45) is 5.73 Å². The van der Waals surface area contributed by atoms with Crippen molar-refractivity contribution in [3.05, 3.63) is 50.6 Å². The molecule has 1 unspecified atom stereocenters. The molecule has 0 saturated carbocycles. The summed E-state index contributed by atoms with van der Waals surface area (Å²) in [5, 5.41) is 6.39. The molecule has 1 atom stereocenters. The lowest BCUT2D eigenvalue weighted by Crippen LogP contribution is -2.39. The van der Waals surface area contributed by atoms with E-state index >= 15 is 0 Å². The number of aromatic nitrogens is 3. The van der Waals surface area contributed by atoms with Crippen molar-refractivity contribution >= 4 is 28.8 Å². The molecular weight excluding hydrogens is 386 g/mol. The maximum absolute atomic E-state index is 13.1. The minimum atomic E-state index is -0.544. The molecular formula is C21H25N5O2S. The van der Waals surface area contributed by atoms with E-state index in [0.717, 1.165) is 36.3 Å². The molecule has 3 aromatic rings. The smallest absolute Gasteiger partial charge is 0.254 e. The molecule has 152 valence electrons. The van der Waals surface area contributed by atoms with Crippen molar-refractivity contribution < 1.29 is 9.59 Å². The van der Waals surface area contributed by atoms with Gasteiger partial charge in [-0.15, -0.1) is 11.3 Å². The fourth-order valence-corrected chi connectivity index (χ4v) is 5.29. The maximum atomic E-state index is 13.1. The Morgan fingerprint density at radius 3 is 2.86 bits per heavy atom. The van der Waals surface area contributed by atoms with Crippen LogP contribution in [0.25, 0.3) is 5.65 Å². The maximum Gasteiger partial charge on any atom is 0.254 e. The van der Waals surface area contributed by atoms with Crippen molar-refractivity contribution in [3.63, 3.8) is 0 Å². The summed E-state index contributed by atoms with van der Waals surface area (Å²) in [7, 11) is 0. The average molecular weight is 412 g/mol. The van der Waals surface area contributed by atoms with Crippen LogP contribution in [0.2, 0.25) is 0 Å². The monoisotopic (exact) mass is 411 g/mol. The summed E-state index contributed by atoms with van der Waals surface area (Å²) >= 11 is 1.79. The Kier molecular flexibility index (Phi) is 5.12. The van der Waals surface area contributed by atoms with E-state index in [1.807, 2.05) is 18.7 Å². The predicted octanol–water partition coefficient (Wildman–Crippen LogP) is 2.98. The Morgan fingerprint density at radius 1 is 1.34 bits per heavy atom. The van der Waals surface area contributed by atoms with E-state index in [1.165, 1.54) is 16.6 Å². The molecule has 1 aliphatic rings. The van der Waals surface area contributed by atoms with Gasteiger partial charge in [0, 0.05) is 29.2 Å². The van der Waals surface area contributed by atoms with E-state index in [9.17, 15) is 9.59 Å². The third-order valence-electron chi connectivity index (χ3n) is 5.86. The first-order chi connectivity index (χ1) is 13.9. The summed E-state index contributed by atoms with van der Waals surface area (Å²) in [6.07, 6.45) is 4.32. The molecule has 2 amide bonds. The molecule has 8 heteroatoms. The van der Waals surface area contributed by atoms with Gasteiger partial charge in [0.2, 0.25) is 5.91 Å². The molecule has 0 saturated heterocycles. The Balaban J connectivity index is 1.55. The Morgan fingerprint density at radius 2 is 2.14 bits per heavy atom. The second-order valence-electron chi connectivity index (χ2n) is 7.48. The summed E-state index contributed by atoms with van der Waals surface area (Å²) < 4.78 is 1.64. The molecule has 0 aromatic carbocycles. The van der Waals surface area contributed by atoms with E-state index < -0.39 is 5.91 Å². The topological polar surface area (TPSA) is 93.6 Å². The zero-order valence-corrected chi connectivity index (χ0v) is 17.8. The molecule has 1 aliphatic heterocycles. The lowest BCUT2D eigenvalue weighted by atomic mass is 9.96. The van der Waals surface area contributed by atoms with Gasteiger partial charge in [0.15, 0.2) is 5.65 Å². The number of nitrogens with two attached hydrogens (primary N) is 1. The predicted molar refractivity (Wildman–Crippen MR) is 112 cm³/mol. The number of carbonyl (C=O) groups is 2. The molecule has 29 heavy (non-hydrogen) atoms. The first kappa shape index (κ1) is 19.6. The molecule has 3 aromatic heterocycles. The number of hydrogen-bond acceptors (Lipinski definition) is 5. The zero-order valence-electron chi connectivity index (χ0n) is 16.9. The van der Waals surface area contributed by atoms with Crippen molar-refractivity contribution in [1.82, 2.24) is 19.5 Å². The van der Waals surface area contributed by atoms with E-state index in [4.69, 9.17) is 5.73 Å². The zero-order chi connectivity index (χ0) is 20.7. The second-order valence-corrected chi connectivity index (χ2v) is 8.48. The molecule has 0 spiro atoms. The first-order valence-electron chi connectivity index (χ1n) is 9.91. The number of thiophene rings is 1. The molecule has 4 rings (SSSR count). The molecule has 4 heterocycles. The van der Waals surface area contributed by atoms with Crippen LogP contribution in [0.1, 0.15) is 63.6 Å². The van der Waals surface area contributed by atoms with Crippen LogP contribution in [-0.4, -0.2) is 37.9 Å². The van der Waals surface area contributed by atoms with Gasteiger partial charge < -0.3 is 10.6 Å². The van der Waals surface area contributed by atoms with Crippen LogP contribution >= 0.6 is 11.3 Å². The van der Waals surface area contributed by atoms with Crippen molar-refractivity contribution in [3.8, 4) is 0 Å². The summed E-state index contributed by atoms with van der Waals surface area (Å²) in [5.41, 5.74) is 10.2. The van der Waals surface area contributed by atoms with E-state index in [0.29, 0.717) is 24.1 Å². The van der Waals surface area contributed by atoms with Gasteiger partial charge in [0.1, 0.15) is 5.56 Å². The van der Waals surface area contributed by atoms with Crippen molar-refractivity contribution in [2.75, 3.05) is 6.54 Å². The Labute approximate surface area is 173 Å². The minimum absolute atomic E-state index is 0.171. The fraction of sp³-hybridized carbons (Fsp3) is 0.429. The van der Waals surface area contributed by atoms with Crippen LogP contribution in [0.15, 0.2) is 17.6 Å². The van der Waals surface area contributed by atoms with Crippen LogP contribution in [0.5, 0.6) is 0 Å². The third kappa shape index (κ3) is 3.31. The SMILES string of the molecule is CCC1c2ccsc2CCN1C(=O)CCc1c(C)nc2c(C(N)=O)cnn2c1C. The van der Waals surface area contributed by atoms with E-state index in [1.54, 1.807) is 15.9 Å². The third-order valence-corrected chi connectivity index (χ3v) is 6.86. The van der Waals surface area contributed by atoms with E-state index in [-0.39, 0.29) is 11.9 Å². The van der Waals surface area contributed by atoms with Gasteiger partial charge in [-0.25, -0.2) is 9.50 Å². The summed E-state index contributed by atoms with van der Waals surface area (Å²) in [5.74, 6) is -0.372. The van der Waals surface area contributed by atoms with Crippen molar-refractivity contribution in [2.45, 2.75) is 52.5 Å². The van der Waals surface area contributed by atoms with Crippen LogP contribution in [0, 0.1) is 13.8 Å². The summed E-state index contributed by atoms with van der Waals surface area (Å²) in [6, 6.07) is 2.33. The largest absolute Gasteiger partial charge is 0.365 e. The number of fused-ring (bicyclic) bond motifs is 2. The second kappa shape index (κ2) is 7.59. The van der Waals surface area contributed by atoms with Gasteiger partial charge >= 0.3 is 0 Å². The summed E-state index contributed by atoms with van der Waals surface area (Å²) in [6.45, 7) is 6.75. The lowest BCUT2D eigenvalue weighted by molar-refractivity contribution is -0.134. The van der Waals surface area contributed by atoms with Gasteiger partial charge in [0.05, 0.1) is 12.2 Å². The van der Waals surface area contributed by atoms with Gasteiger partial charge in [0.25, 0.3) is 5.91 Å². The highest BCUT2D eigenvalue weighted by Crippen LogP contribution is 2.35. The highest BCUT2D eigenvalue weighted by molar-refractivity contribution is 7.10. The van der Waals surface area contributed by atoms with Crippen LogP contribution < -0.4 is 5.73 Å². The molecule has 2 N–H and O–H groups in total. The lowest BCUT2D eigenvalue weighted by Gasteiger charge is -2.35. The van der Waals surface area contributed by atoms with Gasteiger partial charge in [-0.05, 0) is 55.7 Å². The number of amides is 2. The molecule has 0 radical (unpaired) electrons.